The summed E-state index contributed by atoms with van der Waals surface area (Å²) in [4.78, 5) is 15.1. The van der Waals surface area contributed by atoms with Crippen LogP contribution < -0.4 is 10.2 Å². The zero-order chi connectivity index (χ0) is 22.4. The van der Waals surface area contributed by atoms with Crippen LogP contribution in [0.2, 0.25) is 0 Å². The third kappa shape index (κ3) is 5.99. The number of methoxy groups -OCH3 is 1. The number of sulfonamides is 1. The molecule has 0 radical (unpaired) electrons. The molecular weight excluding hydrogens is 414 g/mol. The molecule has 1 aromatic rings. The topological polar surface area (TPSA) is 79.0 Å². The van der Waals surface area contributed by atoms with E-state index in [4.69, 9.17) is 4.74 Å². The zero-order valence-corrected chi connectivity index (χ0v) is 19.9. The second kappa shape index (κ2) is 10.8. The standard InChI is InChI=1S/C23H37N3O4S/c1-18-7-12-25(13-8-18)21-6-5-20(23(27)24-11-4-16-30-3)17-22(21)31(28,29)26-14-9-19(2)10-15-26/h5-6,17-19H,4,7-16H2,1-3H3,(H,24,27). The molecule has 2 saturated heterocycles. The minimum Gasteiger partial charge on any atom is -0.385 e. The number of hydrogen-bond donors (Lipinski definition) is 1. The van der Waals surface area contributed by atoms with Gasteiger partial charge in [0.15, 0.2) is 0 Å². The Bertz CT molecular complexity index is 842. The van der Waals surface area contributed by atoms with Crippen LogP contribution in [0.15, 0.2) is 23.1 Å². The summed E-state index contributed by atoms with van der Waals surface area (Å²) in [5.41, 5.74) is 1.11. The highest BCUT2D eigenvalue weighted by Crippen LogP contribution is 2.33. The minimum absolute atomic E-state index is 0.251. The molecule has 8 heteroatoms. The summed E-state index contributed by atoms with van der Waals surface area (Å²) in [5, 5.41) is 2.86. The van der Waals surface area contributed by atoms with E-state index in [0.717, 1.165) is 44.5 Å². The Morgan fingerprint density at radius 3 is 2.29 bits per heavy atom. The van der Waals surface area contributed by atoms with Crippen molar-refractivity contribution in [1.82, 2.24) is 9.62 Å². The second-order valence-corrected chi connectivity index (χ2v) is 10.9. The number of anilines is 1. The summed E-state index contributed by atoms with van der Waals surface area (Å²) < 4.78 is 33.9. The van der Waals surface area contributed by atoms with Crippen LogP contribution in [0.5, 0.6) is 0 Å². The van der Waals surface area contributed by atoms with Gasteiger partial charge in [0, 0.05) is 52.0 Å². The SMILES string of the molecule is COCCCNC(=O)c1ccc(N2CCC(C)CC2)c(S(=O)(=O)N2CCC(C)CC2)c1. The maximum atomic E-state index is 13.6. The van der Waals surface area contributed by atoms with Crippen LogP contribution in [0.1, 0.15) is 56.3 Å². The van der Waals surface area contributed by atoms with E-state index in [9.17, 15) is 13.2 Å². The first-order chi connectivity index (χ1) is 14.8. The molecule has 7 nitrogen and oxygen atoms in total. The van der Waals surface area contributed by atoms with Crippen molar-refractivity contribution in [3.8, 4) is 0 Å². The van der Waals surface area contributed by atoms with Crippen molar-refractivity contribution in [1.29, 1.82) is 0 Å². The van der Waals surface area contributed by atoms with E-state index in [-0.39, 0.29) is 10.8 Å². The Labute approximate surface area is 187 Å². The Morgan fingerprint density at radius 1 is 1.06 bits per heavy atom. The lowest BCUT2D eigenvalue weighted by molar-refractivity contribution is 0.0948. The zero-order valence-electron chi connectivity index (χ0n) is 19.1. The van der Waals surface area contributed by atoms with Crippen molar-refractivity contribution in [2.75, 3.05) is 51.3 Å². The van der Waals surface area contributed by atoms with E-state index < -0.39 is 10.0 Å². The molecule has 0 aromatic heterocycles. The Hall–Kier alpha value is -1.64. The summed E-state index contributed by atoms with van der Waals surface area (Å²) in [5.74, 6) is 0.939. The van der Waals surface area contributed by atoms with Gasteiger partial charge in [0.2, 0.25) is 10.0 Å². The molecule has 2 aliphatic rings. The van der Waals surface area contributed by atoms with Gasteiger partial charge in [-0.05, 0) is 62.1 Å². The normalized spacial score (nSPS) is 19.5. The Morgan fingerprint density at radius 2 is 1.68 bits per heavy atom. The molecule has 31 heavy (non-hydrogen) atoms. The number of amides is 1. The molecule has 3 rings (SSSR count). The van der Waals surface area contributed by atoms with E-state index >= 15 is 0 Å². The molecule has 0 unspecified atom stereocenters. The molecule has 0 spiro atoms. The van der Waals surface area contributed by atoms with Crippen molar-refractivity contribution < 1.29 is 17.9 Å². The lowest BCUT2D eigenvalue weighted by Gasteiger charge is -2.35. The summed E-state index contributed by atoms with van der Waals surface area (Å²) in [7, 11) is -2.05. The van der Waals surface area contributed by atoms with Crippen LogP contribution in [-0.2, 0) is 14.8 Å². The lowest BCUT2D eigenvalue weighted by Crippen LogP contribution is -2.40. The molecule has 1 amide bonds. The van der Waals surface area contributed by atoms with E-state index in [0.29, 0.717) is 50.1 Å². The average molecular weight is 452 g/mol. The van der Waals surface area contributed by atoms with Gasteiger partial charge < -0.3 is 15.0 Å². The number of carbonyl (C=O) groups is 1. The number of hydrogen-bond acceptors (Lipinski definition) is 5. The summed E-state index contributed by atoms with van der Waals surface area (Å²) in [6.07, 6.45) is 4.54. The quantitative estimate of drug-likeness (QED) is 0.615. The van der Waals surface area contributed by atoms with Gasteiger partial charge in [-0.3, -0.25) is 4.79 Å². The van der Waals surface area contributed by atoms with E-state index in [1.54, 1.807) is 23.5 Å². The fourth-order valence-electron chi connectivity index (χ4n) is 4.26. The van der Waals surface area contributed by atoms with Gasteiger partial charge in [-0.2, -0.15) is 4.31 Å². The highest BCUT2D eigenvalue weighted by Gasteiger charge is 2.32. The van der Waals surface area contributed by atoms with Crippen LogP contribution in [0.4, 0.5) is 5.69 Å². The van der Waals surface area contributed by atoms with Gasteiger partial charge in [0.1, 0.15) is 4.90 Å². The van der Waals surface area contributed by atoms with E-state index in [1.807, 2.05) is 6.07 Å². The second-order valence-electron chi connectivity index (χ2n) is 9.04. The summed E-state index contributed by atoms with van der Waals surface area (Å²) in [6.45, 7) is 8.21. The first kappa shape index (κ1) is 24.0. The molecular formula is C23H37N3O4S. The minimum atomic E-state index is -3.67. The highest BCUT2D eigenvalue weighted by atomic mass is 32.2. The van der Waals surface area contributed by atoms with E-state index in [1.165, 1.54) is 0 Å². The van der Waals surface area contributed by atoms with Crippen LogP contribution in [0.25, 0.3) is 0 Å². The Kier molecular flexibility index (Phi) is 8.36. The van der Waals surface area contributed by atoms with Crippen molar-refractivity contribution in [3.05, 3.63) is 23.8 Å². The number of nitrogens with one attached hydrogen (secondary N) is 1. The molecule has 0 bridgehead atoms. The highest BCUT2D eigenvalue weighted by molar-refractivity contribution is 7.89. The molecule has 174 valence electrons. The molecule has 0 atom stereocenters. The average Bonchev–Trinajstić information content (AvgIpc) is 2.77. The number of piperidine rings is 2. The van der Waals surface area contributed by atoms with Crippen LogP contribution in [0, 0.1) is 11.8 Å². The van der Waals surface area contributed by atoms with E-state index in [2.05, 4.69) is 24.1 Å². The van der Waals surface area contributed by atoms with Gasteiger partial charge in [-0.1, -0.05) is 13.8 Å². The fourth-order valence-corrected chi connectivity index (χ4v) is 5.96. The van der Waals surface area contributed by atoms with Gasteiger partial charge in [0.25, 0.3) is 5.91 Å². The molecule has 0 saturated carbocycles. The molecule has 2 aliphatic heterocycles. The molecule has 1 N–H and O–H groups in total. The lowest BCUT2D eigenvalue weighted by atomic mass is 9.98. The van der Waals surface area contributed by atoms with Crippen molar-refractivity contribution >= 4 is 21.6 Å². The molecule has 2 fully saturated rings. The molecule has 0 aliphatic carbocycles. The van der Waals surface area contributed by atoms with Gasteiger partial charge in [-0.25, -0.2) is 8.42 Å². The smallest absolute Gasteiger partial charge is 0.251 e. The molecule has 2 heterocycles. The van der Waals surface area contributed by atoms with Crippen LogP contribution >= 0.6 is 0 Å². The van der Waals surface area contributed by atoms with Gasteiger partial charge in [0.05, 0.1) is 5.69 Å². The van der Waals surface area contributed by atoms with Crippen molar-refractivity contribution in [2.24, 2.45) is 11.8 Å². The van der Waals surface area contributed by atoms with Crippen LogP contribution in [0.3, 0.4) is 0 Å². The number of rotatable bonds is 8. The van der Waals surface area contributed by atoms with Crippen molar-refractivity contribution in [3.63, 3.8) is 0 Å². The van der Waals surface area contributed by atoms with Gasteiger partial charge in [-0.15, -0.1) is 0 Å². The number of carbonyl (C=O) groups excluding carboxylic acids is 1. The number of nitrogens with zero attached hydrogens (tertiary/aromatic N) is 2. The van der Waals surface area contributed by atoms with Gasteiger partial charge >= 0.3 is 0 Å². The third-order valence-electron chi connectivity index (χ3n) is 6.52. The van der Waals surface area contributed by atoms with Crippen molar-refractivity contribution in [2.45, 2.75) is 50.8 Å². The predicted octanol–water partition coefficient (Wildman–Crippen LogP) is 3.11. The fraction of sp³-hybridized carbons (Fsp3) is 0.696. The maximum absolute atomic E-state index is 13.6. The molecule has 1 aromatic carbocycles. The van der Waals surface area contributed by atoms with Crippen LogP contribution in [-0.4, -0.2) is 65.1 Å². The maximum Gasteiger partial charge on any atom is 0.251 e. The Balaban J connectivity index is 1.89. The summed E-state index contributed by atoms with van der Waals surface area (Å²) in [6, 6.07) is 5.14. The third-order valence-corrected chi connectivity index (χ3v) is 8.45. The first-order valence-corrected chi connectivity index (χ1v) is 12.9. The predicted molar refractivity (Wildman–Crippen MR) is 123 cm³/mol. The summed E-state index contributed by atoms with van der Waals surface area (Å²) >= 11 is 0. The number of benzene rings is 1. The monoisotopic (exact) mass is 451 g/mol. The largest absolute Gasteiger partial charge is 0.385 e. The number of ether oxygens (including phenoxy) is 1. The first-order valence-electron chi connectivity index (χ1n) is 11.5.